The standard InChI is InChI=1S/C18H21F3N4O2/c1-10-6-13(17(27)11-4-3-5-25(2)9-11)23-24-15(10)16-14(26)7-12(8-22-16)18(19,20)21/h6-8,11,17,26-27H,3-5,9H2,1-2H3. The zero-order valence-corrected chi connectivity index (χ0v) is 15.0. The molecule has 2 N–H and O–H groups in total. The predicted molar refractivity (Wildman–Crippen MR) is 91.8 cm³/mol. The number of alkyl halides is 3. The summed E-state index contributed by atoms with van der Waals surface area (Å²) < 4.78 is 38.2. The average Bonchev–Trinajstić information content (AvgIpc) is 2.60. The number of aryl methyl sites for hydroxylation is 1. The molecule has 1 aliphatic heterocycles. The third-order valence-corrected chi connectivity index (χ3v) is 4.83. The lowest BCUT2D eigenvalue weighted by molar-refractivity contribution is -0.137. The summed E-state index contributed by atoms with van der Waals surface area (Å²) in [7, 11) is 2.00. The molecule has 0 aliphatic carbocycles. The fourth-order valence-electron chi connectivity index (χ4n) is 3.38. The van der Waals surface area contributed by atoms with Gasteiger partial charge in [0.15, 0.2) is 0 Å². The van der Waals surface area contributed by atoms with Gasteiger partial charge >= 0.3 is 6.18 Å². The minimum absolute atomic E-state index is 0.0425. The maximum atomic E-state index is 12.7. The van der Waals surface area contributed by atoms with Gasteiger partial charge in [0.25, 0.3) is 0 Å². The predicted octanol–water partition coefficient (Wildman–Crippen LogP) is 2.95. The molecule has 2 aromatic rings. The number of halogens is 3. The van der Waals surface area contributed by atoms with Gasteiger partial charge in [-0.1, -0.05) is 0 Å². The number of rotatable bonds is 3. The van der Waals surface area contributed by atoms with Crippen molar-refractivity contribution in [3.05, 3.63) is 35.2 Å². The van der Waals surface area contributed by atoms with Crippen molar-refractivity contribution < 1.29 is 23.4 Å². The van der Waals surface area contributed by atoms with Gasteiger partial charge in [-0.05, 0) is 51.1 Å². The van der Waals surface area contributed by atoms with E-state index in [1.54, 1.807) is 13.0 Å². The summed E-state index contributed by atoms with van der Waals surface area (Å²) in [5.74, 6) is -0.578. The molecule has 3 heterocycles. The van der Waals surface area contributed by atoms with E-state index in [1.807, 2.05) is 7.05 Å². The molecule has 1 aliphatic rings. The van der Waals surface area contributed by atoms with Gasteiger partial charge < -0.3 is 15.1 Å². The van der Waals surface area contributed by atoms with Crippen LogP contribution in [0.15, 0.2) is 18.3 Å². The van der Waals surface area contributed by atoms with Crippen LogP contribution < -0.4 is 0 Å². The second kappa shape index (κ2) is 7.40. The number of piperidine rings is 1. The van der Waals surface area contributed by atoms with Gasteiger partial charge in [-0.25, -0.2) is 4.98 Å². The third kappa shape index (κ3) is 4.19. The van der Waals surface area contributed by atoms with E-state index in [0.717, 1.165) is 25.9 Å². The minimum Gasteiger partial charge on any atom is -0.506 e. The molecular formula is C18H21F3N4O2. The van der Waals surface area contributed by atoms with Gasteiger partial charge in [0, 0.05) is 18.7 Å². The minimum atomic E-state index is -4.59. The van der Waals surface area contributed by atoms with E-state index in [9.17, 15) is 23.4 Å². The molecule has 2 aromatic heterocycles. The lowest BCUT2D eigenvalue weighted by Gasteiger charge is -2.32. The van der Waals surface area contributed by atoms with E-state index in [4.69, 9.17) is 0 Å². The van der Waals surface area contributed by atoms with Crippen molar-refractivity contribution in [2.24, 2.45) is 5.92 Å². The first-order valence-electron chi connectivity index (χ1n) is 8.64. The summed E-state index contributed by atoms with van der Waals surface area (Å²) in [5, 5.41) is 28.6. The Morgan fingerprint density at radius 1 is 1.22 bits per heavy atom. The van der Waals surface area contributed by atoms with Crippen LogP contribution in [0, 0.1) is 12.8 Å². The van der Waals surface area contributed by atoms with E-state index in [0.29, 0.717) is 23.5 Å². The number of aliphatic hydroxyl groups excluding tert-OH is 1. The Morgan fingerprint density at radius 2 is 1.96 bits per heavy atom. The van der Waals surface area contributed by atoms with E-state index in [-0.39, 0.29) is 17.3 Å². The van der Waals surface area contributed by atoms with E-state index >= 15 is 0 Å². The molecule has 0 radical (unpaired) electrons. The molecule has 3 rings (SSSR count). The summed E-state index contributed by atoms with van der Waals surface area (Å²) in [4.78, 5) is 5.86. The van der Waals surface area contributed by atoms with Crippen molar-refractivity contribution in [1.82, 2.24) is 20.1 Å². The molecule has 6 nitrogen and oxygen atoms in total. The maximum absolute atomic E-state index is 12.7. The monoisotopic (exact) mass is 382 g/mol. The molecule has 146 valence electrons. The number of aromatic hydroxyl groups is 1. The molecule has 0 bridgehead atoms. The van der Waals surface area contributed by atoms with Gasteiger partial charge in [-0.3, -0.25) is 0 Å². The third-order valence-electron chi connectivity index (χ3n) is 4.83. The highest BCUT2D eigenvalue weighted by atomic mass is 19.4. The number of aliphatic hydroxyl groups is 1. The molecule has 1 fully saturated rings. The Balaban J connectivity index is 1.87. The largest absolute Gasteiger partial charge is 0.506 e. The smallest absolute Gasteiger partial charge is 0.418 e. The summed E-state index contributed by atoms with van der Waals surface area (Å²) >= 11 is 0. The Morgan fingerprint density at radius 3 is 2.56 bits per heavy atom. The quantitative estimate of drug-likeness (QED) is 0.849. The van der Waals surface area contributed by atoms with Crippen LogP contribution in [0.2, 0.25) is 0 Å². The number of likely N-dealkylation sites (tertiary alicyclic amines) is 1. The highest BCUT2D eigenvalue weighted by Gasteiger charge is 2.32. The molecule has 0 saturated carbocycles. The highest BCUT2D eigenvalue weighted by molar-refractivity contribution is 5.65. The first-order chi connectivity index (χ1) is 12.7. The molecule has 0 amide bonds. The van der Waals surface area contributed by atoms with Crippen LogP contribution in [0.3, 0.4) is 0 Å². The van der Waals surface area contributed by atoms with Crippen LogP contribution in [-0.4, -0.2) is 50.4 Å². The lowest BCUT2D eigenvalue weighted by Crippen LogP contribution is -2.35. The zero-order chi connectivity index (χ0) is 19.8. The molecule has 0 spiro atoms. The molecule has 0 aromatic carbocycles. The fourth-order valence-corrected chi connectivity index (χ4v) is 3.38. The van der Waals surface area contributed by atoms with Crippen molar-refractivity contribution in [2.45, 2.75) is 32.0 Å². The first kappa shape index (κ1) is 19.5. The number of hydrogen-bond acceptors (Lipinski definition) is 6. The highest BCUT2D eigenvalue weighted by Crippen LogP contribution is 2.35. The fraction of sp³-hybridized carbons (Fsp3) is 0.500. The van der Waals surface area contributed by atoms with Crippen LogP contribution in [-0.2, 0) is 6.18 Å². The summed E-state index contributed by atoms with van der Waals surface area (Å²) in [6, 6.07) is 2.25. The first-order valence-corrected chi connectivity index (χ1v) is 8.64. The van der Waals surface area contributed by atoms with Crippen molar-refractivity contribution in [1.29, 1.82) is 0 Å². The maximum Gasteiger partial charge on any atom is 0.418 e. The van der Waals surface area contributed by atoms with E-state index in [1.165, 1.54) is 0 Å². The lowest BCUT2D eigenvalue weighted by atomic mass is 9.90. The number of pyridine rings is 1. The van der Waals surface area contributed by atoms with Crippen LogP contribution in [0.25, 0.3) is 11.4 Å². The number of nitrogens with zero attached hydrogens (tertiary/aromatic N) is 4. The Labute approximate surface area is 154 Å². The van der Waals surface area contributed by atoms with Crippen LogP contribution in [0.1, 0.15) is 35.8 Å². The molecular weight excluding hydrogens is 361 g/mol. The molecule has 1 saturated heterocycles. The van der Waals surface area contributed by atoms with Crippen molar-refractivity contribution in [2.75, 3.05) is 20.1 Å². The Hall–Kier alpha value is -2.26. The normalized spacial score (nSPS) is 19.9. The second-order valence-electron chi connectivity index (χ2n) is 7.00. The van der Waals surface area contributed by atoms with Crippen molar-refractivity contribution in [3.8, 4) is 17.1 Å². The van der Waals surface area contributed by atoms with Gasteiger partial charge in [0.05, 0.1) is 11.3 Å². The van der Waals surface area contributed by atoms with Gasteiger partial charge in [0.1, 0.15) is 23.2 Å². The van der Waals surface area contributed by atoms with E-state index in [2.05, 4.69) is 20.1 Å². The van der Waals surface area contributed by atoms with Gasteiger partial charge in [-0.2, -0.15) is 18.3 Å². The second-order valence-corrected chi connectivity index (χ2v) is 7.00. The van der Waals surface area contributed by atoms with Gasteiger partial charge in [0.2, 0.25) is 0 Å². The molecule has 27 heavy (non-hydrogen) atoms. The summed E-state index contributed by atoms with van der Waals surface area (Å²) in [5.41, 5.74) is 0.0286. The average molecular weight is 382 g/mol. The van der Waals surface area contributed by atoms with E-state index < -0.39 is 23.6 Å². The Bertz CT molecular complexity index is 829. The number of hydrogen-bond donors (Lipinski definition) is 2. The summed E-state index contributed by atoms with van der Waals surface area (Å²) in [6.07, 6.45) is -2.84. The van der Waals surface area contributed by atoms with Crippen LogP contribution in [0.5, 0.6) is 5.75 Å². The zero-order valence-electron chi connectivity index (χ0n) is 15.0. The van der Waals surface area contributed by atoms with Gasteiger partial charge in [-0.15, -0.1) is 5.10 Å². The molecule has 2 atom stereocenters. The van der Waals surface area contributed by atoms with Crippen molar-refractivity contribution >= 4 is 0 Å². The van der Waals surface area contributed by atoms with Crippen LogP contribution in [0.4, 0.5) is 13.2 Å². The molecule has 2 unspecified atom stereocenters. The molecule has 9 heteroatoms. The summed E-state index contributed by atoms with van der Waals surface area (Å²) in [6.45, 7) is 3.43. The van der Waals surface area contributed by atoms with Crippen molar-refractivity contribution in [3.63, 3.8) is 0 Å². The number of aromatic nitrogens is 3. The van der Waals surface area contributed by atoms with Crippen LogP contribution >= 0.6 is 0 Å². The SMILES string of the molecule is Cc1cc(C(O)C2CCCN(C)C2)nnc1-c1ncc(C(F)(F)F)cc1O. The Kier molecular flexibility index (Phi) is 5.34. The topological polar surface area (TPSA) is 82.4 Å².